The Labute approximate surface area is 130 Å². The third-order valence-electron chi connectivity index (χ3n) is 3.26. The van der Waals surface area contributed by atoms with Crippen LogP contribution < -0.4 is 4.74 Å². The Bertz CT molecular complexity index is 486. The number of hydrogen-bond donors (Lipinski definition) is 2. The summed E-state index contributed by atoms with van der Waals surface area (Å²) in [5, 5.41) is 17.9. The normalized spacial score (nSPS) is 12.2. The molecule has 122 valence electrons. The maximum atomic E-state index is 12.5. The summed E-state index contributed by atoms with van der Waals surface area (Å²) < 4.78 is 5.32. The van der Waals surface area contributed by atoms with E-state index >= 15 is 0 Å². The Morgan fingerprint density at radius 2 is 1.91 bits per heavy atom. The van der Waals surface area contributed by atoms with Crippen LogP contribution in [0, 0.1) is 5.92 Å². The average Bonchev–Trinajstić information content (AvgIpc) is 2.47. The van der Waals surface area contributed by atoms with Crippen LogP contribution in [0.1, 0.15) is 23.7 Å². The van der Waals surface area contributed by atoms with Crippen LogP contribution in [0.4, 0.5) is 0 Å². The van der Waals surface area contributed by atoms with Crippen LogP contribution in [-0.2, 0) is 4.79 Å². The van der Waals surface area contributed by atoms with E-state index in [2.05, 4.69) is 0 Å². The van der Waals surface area contributed by atoms with Crippen LogP contribution in [0.25, 0.3) is 0 Å². The maximum absolute atomic E-state index is 12.5. The van der Waals surface area contributed by atoms with Gasteiger partial charge in [0, 0.05) is 24.6 Å². The second-order valence-electron chi connectivity index (χ2n) is 5.10. The van der Waals surface area contributed by atoms with Gasteiger partial charge >= 0.3 is 5.97 Å². The van der Waals surface area contributed by atoms with Crippen molar-refractivity contribution in [1.29, 1.82) is 0 Å². The number of carboxylic acid groups (broad SMARTS) is 1. The summed E-state index contributed by atoms with van der Waals surface area (Å²) in [6.45, 7) is 3.07. The largest absolute Gasteiger partial charge is 0.494 e. The molecule has 1 atom stereocenters. The predicted molar refractivity (Wildman–Crippen MR) is 82.3 cm³/mol. The van der Waals surface area contributed by atoms with Gasteiger partial charge in [0.15, 0.2) is 5.78 Å². The van der Waals surface area contributed by atoms with E-state index in [4.69, 9.17) is 14.9 Å². The molecule has 1 rings (SSSR count). The lowest BCUT2D eigenvalue weighted by molar-refractivity contribution is -0.137. The molecule has 22 heavy (non-hydrogen) atoms. The summed E-state index contributed by atoms with van der Waals surface area (Å²) in [7, 11) is 1.75. The molecule has 1 aromatic rings. The van der Waals surface area contributed by atoms with Crippen molar-refractivity contribution >= 4 is 11.8 Å². The molecule has 2 N–H and O–H groups in total. The van der Waals surface area contributed by atoms with E-state index in [1.807, 2.05) is 6.92 Å². The van der Waals surface area contributed by atoms with Gasteiger partial charge in [-0.25, -0.2) is 0 Å². The van der Waals surface area contributed by atoms with Crippen molar-refractivity contribution < 1.29 is 24.5 Å². The van der Waals surface area contributed by atoms with E-state index in [0.717, 1.165) is 0 Å². The Balaban J connectivity index is 2.83. The Hall–Kier alpha value is -1.92. The van der Waals surface area contributed by atoms with Gasteiger partial charge in [0.25, 0.3) is 0 Å². The monoisotopic (exact) mass is 309 g/mol. The number of aliphatic hydroxyl groups excluding tert-OH is 1. The summed E-state index contributed by atoms with van der Waals surface area (Å²) in [5.41, 5.74) is 0.465. The van der Waals surface area contributed by atoms with Gasteiger partial charge in [-0.05, 0) is 38.2 Å². The van der Waals surface area contributed by atoms with Crippen molar-refractivity contribution in [3.8, 4) is 5.75 Å². The SMILES string of the molecule is CCOc1ccc(C(=O)C(CC(=O)O)CN(C)CCO)cc1. The Morgan fingerprint density at radius 3 is 2.41 bits per heavy atom. The second-order valence-corrected chi connectivity index (χ2v) is 5.10. The molecule has 0 radical (unpaired) electrons. The number of ketones is 1. The lowest BCUT2D eigenvalue weighted by Crippen LogP contribution is -2.33. The van der Waals surface area contributed by atoms with Gasteiger partial charge in [0.05, 0.1) is 19.6 Å². The fourth-order valence-electron chi connectivity index (χ4n) is 2.21. The molecule has 1 unspecified atom stereocenters. The summed E-state index contributed by atoms with van der Waals surface area (Å²) >= 11 is 0. The highest BCUT2D eigenvalue weighted by Crippen LogP contribution is 2.18. The average molecular weight is 309 g/mol. The lowest BCUT2D eigenvalue weighted by atomic mass is 9.94. The number of benzene rings is 1. The van der Waals surface area contributed by atoms with Gasteiger partial charge in [-0.1, -0.05) is 0 Å². The molecule has 0 heterocycles. The second kappa shape index (κ2) is 9.17. The molecule has 0 aromatic heterocycles. The van der Waals surface area contributed by atoms with Gasteiger partial charge < -0.3 is 19.8 Å². The lowest BCUT2D eigenvalue weighted by Gasteiger charge is -2.21. The number of ether oxygens (including phenoxy) is 1. The van der Waals surface area contributed by atoms with Gasteiger partial charge in [-0.3, -0.25) is 9.59 Å². The molecule has 0 aliphatic rings. The van der Waals surface area contributed by atoms with Crippen molar-refractivity contribution in [2.24, 2.45) is 5.92 Å². The molecular weight excluding hydrogens is 286 g/mol. The number of carbonyl (C=O) groups is 2. The summed E-state index contributed by atoms with van der Waals surface area (Å²) in [5.74, 6) is -1.20. The van der Waals surface area contributed by atoms with Gasteiger partial charge in [-0.15, -0.1) is 0 Å². The molecule has 0 saturated carbocycles. The zero-order valence-electron chi connectivity index (χ0n) is 13.0. The first-order chi connectivity index (χ1) is 10.5. The third-order valence-corrected chi connectivity index (χ3v) is 3.26. The molecule has 0 spiro atoms. The molecule has 0 fully saturated rings. The van der Waals surface area contributed by atoms with E-state index in [-0.39, 0.29) is 18.8 Å². The Kier molecular flexibility index (Phi) is 7.56. The highest BCUT2D eigenvalue weighted by Gasteiger charge is 2.24. The van der Waals surface area contributed by atoms with Crippen molar-refractivity contribution in [2.75, 3.05) is 33.4 Å². The van der Waals surface area contributed by atoms with E-state index in [1.54, 1.807) is 36.2 Å². The van der Waals surface area contributed by atoms with Crippen LogP contribution in [0.2, 0.25) is 0 Å². The Morgan fingerprint density at radius 1 is 1.27 bits per heavy atom. The molecule has 0 aliphatic carbocycles. The summed E-state index contributed by atoms with van der Waals surface area (Å²) in [6, 6.07) is 6.69. The predicted octanol–water partition coefficient (Wildman–Crippen LogP) is 1.28. The van der Waals surface area contributed by atoms with Gasteiger partial charge in [0.1, 0.15) is 5.75 Å². The van der Waals surface area contributed by atoms with Crippen LogP contribution >= 0.6 is 0 Å². The van der Waals surface area contributed by atoms with Crippen LogP contribution in [0.5, 0.6) is 5.75 Å². The quantitative estimate of drug-likeness (QED) is 0.633. The third kappa shape index (κ3) is 5.83. The fraction of sp³-hybridized carbons (Fsp3) is 0.500. The van der Waals surface area contributed by atoms with Crippen molar-refractivity contribution in [3.05, 3.63) is 29.8 Å². The van der Waals surface area contributed by atoms with Gasteiger partial charge in [0.2, 0.25) is 0 Å². The van der Waals surface area contributed by atoms with Crippen molar-refractivity contribution in [1.82, 2.24) is 4.90 Å². The van der Waals surface area contributed by atoms with Gasteiger partial charge in [-0.2, -0.15) is 0 Å². The zero-order chi connectivity index (χ0) is 16.5. The number of rotatable bonds is 10. The summed E-state index contributed by atoms with van der Waals surface area (Å²) in [6.07, 6.45) is -0.234. The number of carbonyl (C=O) groups excluding carboxylic acids is 1. The summed E-state index contributed by atoms with van der Waals surface area (Å²) in [4.78, 5) is 25.2. The number of likely N-dealkylation sites (N-methyl/N-ethyl adjacent to an activating group) is 1. The first-order valence-corrected chi connectivity index (χ1v) is 7.26. The van der Waals surface area contributed by atoms with E-state index in [0.29, 0.717) is 31.0 Å². The molecule has 0 bridgehead atoms. The molecule has 6 nitrogen and oxygen atoms in total. The highest BCUT2D eigenvalue weighted by molar-refractivity contribution is 5.99. The van der Waals surface area contributed by atoms with Crippen LogP contribution in [-0.4, -0.2) is 60.2 Å². The minimum atomic E-state index is -1.01. The smallest absolute Gasteiger partial charge is 0.304 e. The number of hydrogen-bond acceptors (Lipinski definition) is 5. The number of aliphatic carboxylic acids is 1. The standard InChI is InChI=1S/C16H23NO5/c1-3-22-14-6-4-12(5-7-14)16(21)13(10-15(19)20)11-17(2)8-9-18/h4-7,13,18H,3,8-11H2,1-2H3,(H,19,20). The van der Waals surface area contributed by atoms with E-state index < -0.39 is 11.9 Å². The zero-order valence-corrected chi connectivity index (χ0v) is 13.0. The topological polar surface area (TPSA) is 87.1 Å². The molecule has 0 aliphatic heterocycles. The highest BCUT2D eigenvalue weighted by atomic mass is 16.5. The van der Waals surface area contributed by atoms with Crippen molar-refractivity contribution in [2.45, 2.75) is 13.3 Å². The van der Waals surface area contributed by atoms with Crippen molar-refractivity contribution in [3.63, 3.8) is 0 Å². The fourth-order valence-corrected chi connectivity index (χ4v) is 2.21. The molecule has 0 amide bonds. The minimum Gasteiger partial charge on any atom is -0.494 e. The van der Waals surface area contributed by atoms with Crippen LogP contribution in [0.3, 0.4) is 0 Å². The number of aliphatic hydroxyl groups is 1. The van der Waals surface area contributed by atoms with E-state index in [9.17, 15) is 9.59 Å². The minimum absolute atomic E-state index is 0.0342. The number of Topliss-reactive ketones (excluding diaryl/α,β-unsaturated/α-hetero) is 1. The van der Waals surface area contributed by atoms with E-state index in [1.165, 1.54) is 0 Å². The van der Waals surface area contributed by atoms with Crippen LogP contribution in [0.15, 0.2) is 24.3 Å². The molecule has 6 heteroatoms. The molecule has 1 aromatic carbocycles. The first-order valence-electron chi connectivity index (χ1n) is 7.26. The first kappa shape index (κ1) is 18.1. The number of nitrogens with zero attached hydrogens (tertiary/aromatic N) is 1. The molecular formula is C16H23NO5. The molecule has 0 saturated heterocycles. The number of carboxylic acids is 1. The maximum Gasteiger partial charge on any atom is 0.304 e.